The molecule has 2 unspecified atom stereocenters. The first-order valence-corrected chi connectivity index (χ1v) is 6.25. The van der Waals surface area contributed by atoms with E-state index in [1.807, 2.05) is 17.3 Å². The summed E-state index contributed by atoms with van der Waals surface area (Å²) in [5, 5.41) is 3.29. The lowest BCUT2D eigenvalue weighted by atomic mass is 9.96. The van der Waals surface area contributed by atoms with E-state index in [0.717, 1.165) is 32.0 Å². The molecule has 17 heavy (non-hydrogen) atoms. The summed E-state index contributed by atoms with van der Waals surface area (Å²) in [6.45, 7) is 6.27. The average molecular weight is 234 g/mol. The van der Waals surface area contributed by atoms with Crippen LogP contribution in [-0.4, -0.2) is 40.0 Å². The van der Waals surface area contributed by atoms with Gasteiger partial charge in [0.1, 0.15) is 5.82 Å². The summed E-state index contributed by atoms with van der Waals surface area (Å²) < 4.78 is 2.13. The molecule has 1 fully saturated rings. The zero-order valence-corrected chi connectivity index (χ0v) is 10.1. The second kappa shape index (κ2) is 4.14. The highest BCUT2D eigenvalue weighted by atomic mass is 16.2. The normalized spacial score (nSPS) is 28.2. The molecule has 1 aromatic heterocycles. The molecule has 1 aromatic rings. The van der Waals surface area contributed by atoms with Crippen molar-refractivity contribution in [1.82, 2.24) is 19.8 Å². The van der Waals surface area contributed by atoms with Crippen LogP contribution in [0.5, 0.6) is 0 Å². The monoisotopic (exact) mass is 234 g/mol. The Morgan fingerprint density at radius 1 is 1.47 bits per heavy atom. The van der Waals surface area contributed by atoms with Gasteiger partial charge in [-0.15, -0.1) is 0 Å². The van der Waals surface area contributed by atoms with Crippen LogP contribution in [0.1, 0.15) is 12.7 Å². The summed E-state index contributed by atoms with van der Waals surface area (Å²) in [5.41, 5.74) is 0. The second-order valence-electron chi connectivity index (χ2n) is 5.04. The molecule has 92 valence electrons. The third-order valence-electron chi connectivity index (χ3n) is 3.89. The second-order valence-corrected chi connectivity index (χ2v) is 5.04. The molecule has 5 nitrogen and oxygen atoms in total. The fraction of sp³-hybridized carbons (Fsp3) is 0.667. The smallest absolute Gasteiger partial charge is 0.227 e. The van der Waals surface area contributed by atoms with Crippen LogP contribution in [0.15, 0.2) is 12.4 Å². The van der Waals surface area contributed by atoms with E-state index in [1.54, 1.807) is 0 Å². The van der Waals surface area contributed by atoms with Gasteiger partial charge in [0.15, 0.2) is 0 Å². The SMILES string of the molecule is CC1CNCC1C(=O)N1CCn2ccnc2C1. The van der Waals surface area contributed by atoms with E-state index in [4.69, 9.17) is 0 Å². The summed E-state index contributed by atoms with van der Waals surface area (Å²) in [7, 11) is 0. The molecule has 0 aromatic carbocycles. The number of nitrogens with one attached hydrogen (secondary N) is 1. The molecular formula is C12H18N4O. The minimum atomic E-state index is 0.150. The van der Waals surface area contributed by atoms with Gasteiger partial charge in [-0.05, 0) is 12.5 Å². The number of carbonyl (C=O) groups excluding carboxylic acids is 1. The molecule has 0 aliphatic carbocycles. The lowest BCUT2D eigenvalue weighted by Gasteiger charge is -2.30. The number of hydrogen-bond donors (Lipinski definition) is 1. The number of rotatable bonds is 1. The van der Waals surface area contributed by atoms with E-state index in [0.29, 0.717) is 12.5 Å². The molecule has 5 heteroatoms. The summed E-state index contributed by atoms with van der Waals surface area (Å²) in [5.74, 6) is 1.89. The first kappa shape index (κ1) is 10.8. The molecule has 2 aliphatic rings. The lowest BCUT2D eigenvalue weighted by Crippen LogP contribution is -2.43. The minimum absolute atomic E-state index is 0.150. The maximum Gasteiger partial charge on any atom is 0.227 e. The Morgan fingerprint density at radius 2 is 2.35 bits per heavy atom. The van der Waals surface area contributed by atoms with E-state index < -0.39 is 0 Å². The van der Waals surface area contributed by atoms with Crippen LogP contribution in [0.2, 0.25) is 0 Å². The summed E-state index contributed by atoms with van der Waals surface area (Å²) in [6, 6.07) is 0. The molecule has 0 spiro atoms. The van der Waals surface area contributed by atoms with E-state index >= 15 is 0 Å². The summed E-state index contributed by atoms with van der Waals surface area (Å²) in [6.07, 6.45) is 3.79. The van der Waals surface area contributed by atoms with Gasteiger partial charge in [-0.3, -0.25) is 4.79 Å². The lowest BCUT2D eigenvalue weighted by molar-refractivity contribution is -0.137. The van der Waals surface area contributed by atoms with Gasteiger partial charge in [0.2, 0.25) is 5.91 Å². The highest BCUT2D eigenvalue weighted by molar-refractivity contribution is 5.79. The van der Waals surface area contributed by atoms with Crippen molar-refractivity contribution in [2.45, 2.75) is 20.0 Å². The van der Waals surface area contributed by atoms with Crippen LogP contribution < -0.4 is 5.32 Å². The molecule has 1 N–H and O–H groups in total. The van der Waals surface area contributed by atoms with Crippen molar-refractivity contribution in [3.63, 3.8) is 0 Å². The molecule has 2 atom stereocenters. The van der Waals surface area contributed by atoms with Crippen LogP contribution >= 0.6 is 0 Å². The van der Waals surface area contributed by atoms with Crippen molar-refractivity contribution in [3.05, 3.63) is 18.2 Å². The highest BCUT2D eigenvalue weighted by Crippen LogP contribution is 2.21. The third-order valence-corrected chi connectivity index (χ3v) is 3.89. The van der Waals surface area contributed by atoms with E-state index in [-0.39, 0.29) is 11.8 Å². The van der Waals surface area contributed by atoms with Crippen molar-refractivity contribution in [3.8, 4) is 0 Å². The van der Waals surface area contributed by atoms with Gasteiger partial charge < -0.3 is 14.8 Å². The van der Waals surface area contributed by atoms with Crippen LogP contribution in [0.3, 0.4) is 0 Å². The van der Waals surface area contributed by atoms with Crippen molar-refractivity contribution in [2.24, 2.45) is 11.8 Å². The molecule has 3 rings (SSSR count). The van der Waals surface area contributed by atoms with E-state index in [2.05, 4.69) is 21.8 Å². The van der Waals surface area contributed by atoms with Crippen molar-refractivity contribution >= 4 is 5.91 Å². The predicted octanol–water partition coefficient (Wildman–Crippen LogP) is 0.0808. The number of nitrogens with zero attached hydrogens (tertiary/aromatic N) is 3. The van der Waals surface area contributed by atoms with Gasteiger partial charge in [0.25, 0.3) is 0 Å². The molecule has 0 saturated carbocycles. The number of amides is 1. The maximum atomic E-state index is 12.4. The van der Waals surface area contributed by atoms with Gasteiger partial charge in [-0.1, -0.05) is 6.92 Å². The molecule has 1 saturated heterocycles. The Labute approximate surface area is 101 Å². The highest BCUT2D eigenvalue weighted by Gasteiger charge is 2.34. The fourth-order valence-corrected chi connectivity index (χ4v) is 2.74. The first-order valence-electron chi connectivity index (χ1n) is 6.25. The number of aromatic nitrogens is 2. The number of fused-ring (bicyclic) bond motifs is 1. The van der Waals surface area contributed by atoms with Gasteiger partial charge in [0.05, 0.1) is 12.5 Å². The van der Waals surface area contributed by atoms with E-state index in [1.165, 1.54) is 0 Å². The van der Waals surface area contributed by atoms with Crippen LogP contribution in [-0.2, 0) is 17.9 Å². The average Bonchev–Trinajstić information content (AvgIpc) is 2.95. The van der Waals surface area contributed by atoms with Gasteiger partial charge in [0, 0.05) is 32.0 Å². The van der Waals surface area contributed by atoms with Crippen LogP contribution in [0, 0.1) is 11.8 Å². The first-order chi connectivity index (χ1) is 8.25. The number of carbonyl (C=O) groups is 1. The van der Waals surface area contributed by atoms with Crippen molar-refractivity contribution < 1.29 is 4.79 Å². The fourth-order valence-electron chi connectivity index (χ4n) is 2.74. The predicted molar refractivity (Wildman–Crippen MR) is 63.2 cm³/mol. The molecule has 0 radical (unpaired) electrons. The molecular weight excluding hydrogens is 216 g/mol. The topological polar surface area (TPSA) is 50.2 Å². The Bertz CT molecular complexity index is 428. The zero-order chi connectivity index (χ0) is 11.8. The van der Waals surface area contributed by atoms with E-state index in [9.17, 15) is 4.79 Å². The number of imidazole rings is 1. The number of hydrogen-bond acceptors (Lipinski definition) is 3. The van der Waals surface area contributed by atoms with Crippen LogP contribution in [0.4, 0.5) is 0 Å². The van der Waals surface area contributed by atoms with Gasteiger partial charge >= 0.3 is 0 Å². The molecule has 1 amide bonds. The summed E-state index contributed by atoms with van der Waals surface area (Å²) >= 11 is 0. The van der Waals surface area contributed by atoms with Crippen LogP contribution in [0.25, 0.3) is 0 Å². The Balaban J connectivity index is 1.72. The quantitative estimate of drug-likeness (QED) is 0.748. The Hall–Kier alpha value is -1.36. The van der Waals surface area contributed by atoms with Crippen molar-refractivity contribution in [2.75, 3.05) is 19.6 Å². The maximum absolute atomic E-state index is 12.4. The standard InChI is InChI=1S/C12H18N4O/c1-9-6-13-7-10(9)12(17)16-5-4-15-3-2-14-11(15)8-16/h2-3,9-10,13H,4-8H2,1H3. The van der Waals surface area contributed by atoms with Gasteiger partial charge in [-0.2, -0.15) is 0 Å². The van der Waals surface area contributed by atoms with Crippen molar-refractivity contribution in [1.29, 1.82) is 0 Å². The summed E-state index contributed by atoms with van der Waals surface area (Å²) in [4.78, 5) is 18.6. The minimum Gasteiger partial charge on any atom is -0.333 e. The zero-order valence-electron chi connectivity index (χ0n) is 10.1. The van der Waals surface area contributed by atoms with Gasteiger partial charge in [-0.25, -0.2) is 4.98 Å². The Kier molecular flexibility index (Phi) is 2.63. The largest absolute Gasteiger partial charge is 0.333 e. The molecule has 2 aliphatic heterocycles. The molecule has 0 bridgehead atoms. The Morgan fingerprint density at radius 3 is 3.12 bits per heavy atom. The molecule has 3 heterocycles. The third kappa shape index (κ3) is 1.84.